The van der Waals surface area contributed by atoms with Gasteiger partial charge >= 0.3 is 0 Å². The number of nitrogens with zero attached hydrogens (tertiary/aromatic N) is 2. The Morgan fingerprint density at radius 2 is 2.23 bits per heavy atom. The van der Waals surface area contributed by atoms with Crippen LogP contribution in [-0.4, -0.2) is 28.2 Å². The zero-order valence-electron chi connectivity index (χ0n) is 13.1. The second kappa shape index (κ2) is 7.73. The molecule has 0 radical (unpaired) electrons. The molecule has 1 aromatic heterocycles. The maximum Gasteiger partial charge on any atom is 0.168 e. The highest BCUT2D eigenvalue weighted by Gasteiger charge is 2.31. The summed E-state index contributed by atoms with van der Waals surface area (Å²) >= 11 is 0. The molecule has 1 aliphatic rings. The van der Waals surface area contributed by atoms with Crippen LogP contribution < -0.4 is 0 Å². The van der Waals surface area contributed by atoms with Crippen LogP contribution in [0.1, 0.15) is 51.1 Å². The van der Waals surface area contributed by atoms with Crippen molar-refractivity contribution in [1.82, 2.24) is 4.98 Å². The quantitative estimate of drug-likeness (QED) is 0.644. The van der Waals surface area contributed by atoms with Crippen LogP contribution in [0.25, 0.3) is 0 Å². The third-order valence-corrected chi connectivity index (χ3v) is 3.62. The molecule has 118 valence electrons. The van der Waals surface area contributed by atoms with Gasteiger partial charge in [-0.2, -0.15) is 0 Å². The Bertz CT molecular complexity index is 579. The highest BCUT2D eigenvalue weighted by atomic mass is 16.6. The lowest BCUT2D eigenvalue weighted by atomic mass is 9.82. The van der Waals surface area contributed by atoms with Crippen molar-refractivity contribution in [3.05, 3.63) is 41.4 Å². The Labute approximate surface area is 130 Å². The fourth-order valence-corrected chi connectivity index (χ4v) is 2.64. The fourth-order valence-electron chi connectivity index (χ4n) is 2.64. The summed E-state index contributed by atoms with van der Waals surface area (Å²) in [5.41, 5.74) is 1.72. The molecule has 5 nitrogen and oxygen atoms in total. The Morgan fingerprint density at radius 3 is 2.82 bits per heavy atom. The topological polar surface area (TPSA) is 71.8 Å². The first-order valence-electron chi connectivity index (χ1n) is 7.72. The molecule has 1 aromatic rings. The second-order valence-corrected chi connectivity index (χ2v) is 5.31. The van der Waals surface area contributed by atoms with E-state index >= 15 is 0 Å². The number of carbonyl (C=O) groups is 1. The van der Waals surface area contributed by atoms with Crippen molar-refractivity contribution in [2.24, 2.45) is 5.16 Å². The second-order valence-electron chi connectivity index (χ2n) is 5.31. The smallest absolute Gasteiger partial charge is 0.168 e. The van der Waals surface area contributed by atoms with Crippen LogP contribution in [0.5, 0.6) is 0 Å². The van der Waals surface area contributed by atoms with Crippen molar-refractivity contribution in [2.75, 3.05) is 6.61 Å². The van der Waals surface area contributed by atoms with Crippen LogP contribution in [0, 0.1) is 0 Å². The summed E-state index contributed by atoms with van der Waals surface area (Å²) in [5.74, 6) is -0.0717. The van der Waals surface area contributed by atoms with Gasteiger partial charge < -0.3 is 9.94 Å². The van der Waals surface area contributed by atoms with E-state index in [1.165, 1.54) is 0 Å². The molecule has 1 atom stereocenters. The van der Waals surface area contributed by atoms with Crippen molar-refractivity contribution < 1.29 is 14.7 Å². The first-order chi connectivity index (χ1) is 10.7. The summed E-state index contributed by atoms with van der Waals surface area (Å²) in [7, 11) is 0. The maximum atomic E-state index is 12.5. The van der Waals surface area contributed by atoms with Crippen LogP contribution in [0.2, 0.25) is 0 Å². The van der Waals surface area contributed by atoms with Crippen molar-refractivity contribution in [3.8, 4) is 0 Å². The number of allylic oxidation sites excluding steroid dienone is 2. The molecule has 1 aliphatic carbocycles. The molecule has 0 fully saturated rings. The summed E-state index contributed by atoms with van der Waals surface area (Å²) in [4.78, 5) is 21.9. The minimum atomic E-state index is -0.0914. The number of ketones is 1. The number of hydrogen-bond donors (Lipinski definition) is 1. The number of rotatable bonds is 6. The summed E-state index contributed by atoms with van der Waals surface area (Å²) < 4.78 is 0. The Balaban J connectivity index is 2.27. The van der Waals surface area contributed by atoms with Gasteiger partial charge in [0.1, 0.15) is 12.4 Å². The van der Waals surface area contributed by atoms with E-state index in [-0.39, 0.29) is 17.5 Å². The molecule has 2 rings (SSSR count). The van der Waals surface area contributed by atoms with Crippen molar-refractivity contribution in [3.63, 3.8) is 0 Å². The molecule has 0 spiro atoms. The van der Waals surface area contributed by atoms with Gasteiger partial charge in [-0.05, 0) is 25.5 Å². The fraction of sp³-hybridized carbons (Fsp3) is 0.471. The van der Waals surface area contributed by atoms with E-state index in [1.807, 2.05) is 32.0 Å². The summed E-state index contributed by atoms with van der Waals surface area (Å²) in [6, 6.07) is 5.61. The van der Waals surface area contributed by atoms with Crippen molar-refractivity contribution >= 4 is 11.5 Å². The largest absolute Gasteiger partial charge is 0.511 e. The van der Waals surface area contributed by atoms with Gasteiger partial charge in [-0.25, -0.2) is 0 Å². The SMILES string of the molecule is CCC/C(=N\OCC)C1=C(O)CC(c2ccccn2)CC1=O. The average Bonchev–Trinajstić information content (AvgIpc) is 2.52. The lowest BCUT2D eigenvalue weighted by Crippen LogP contribution is -2.24. The number of carbonyl (C=O) groups excluding carboxylic acids is 1. The monoisotopic (exact) mass is 302 g/mol. The summed E-state index contributed by atoms with van der Waals surface area (Å²) in [5, 5.41) is 14.4. The summed E-state index contributed by atoms with van der Waals surface area (Å²) in [6.07, 6.45) is 3.90. The van der Waals surface area contributed by atoms with Crippen LogP contribution in [0.3, 0.4) is 0 Å². The van der Waals surface area contributed by atoms with Gasteiger partial charge in [-0.3, -0.25) is 9.78 Å². The molecule has 5 heteroatoms. The first-order valence-corrected chi connectivity index (χ1v) is 7.72. The standard InChI is InChI=1S/C17H22N2O3/c1-3-7-14(19-22-4-2)17-15(20)10-12(11-16(17)21)13-8-5-6-9-18-13/h5-6,8-9,12,20H,3-4,7,10-11H2,1-2H3/b19-14+. The van der Waals surface area contributed by atoms with E-state index in [1.54, 1.807) is 6.20 Å². The molecular weight excluding hydrogens is 280 g/mol. The average molecular weight is 302 g/mol. The molecule has 22 heavy (non-hydrogen) atoms. The van der Waals surface area contributed by atoms with E-state index in [4.69, 9.17) is 4.84 Å². The number of hydrogen-bond acceptors (Lipinski definition) is 5. The van der Waals surface area contributed by atoms with E-state index in [0.29, 0.717) is 37.2 Å². The molecule has 0 saturated heterocycles. The highest BCUT2D eigenvalue weighted by Crippen LogP contribution is 2.33. The van der Waals surface area contributed by atoms with Gasteiger partial charge in [0.15, 0.2) is 5.78 Å². The third-order valence-electron chi connectivity index (χ3n) is 3.62. The van der Waals surface area contributed by atoms with Gasteiger partial charge in [-0.15, -0.1) is 0 Å². The predicted octanol–water partition coefficient (Wildman–Crippen LogP) is 3.53. The van der Waals surface area contributed by atoms with Gasteiger partial charge in [0.2, 0.25) is 0 Å². The maximum absolute atomic E-state index is 12.5. The number of Topliss-reactive ketones (excluding diaryl/α,β-unsaturated/α-hetero) is 1. The molecule has 1 unspecified atom stereocenters. The van der Waals surface area contributed by atoms with Gasteiger partial charge in [0, 0.05) is 30.7 Å². The number of aliphatic hydroxyl groups is 1. The number of pyridine rings is 1. The zero-order valence-corrected chi connectivity index (χ0v) is 13.1. The van der Waals surface area contributed by atoms with Gasteiger partial charge in [0.05, 0.1) is 11.3 Å². The molecule has 0 bridgehead atoms. The molecule has 1 heterocycles. The predicted molar refractivity (Wildman–Crippen MR) is 84.8 cm³/mol. The lowest BCUT2D eigenvalue weighted by Gasteiger charge is -2.23. The normalized spacial score (nSPS) is 19.5. The van der Waals surface area contributed by atoms with Crippen LogP contribution in [0.15, 0.2) is 40.9 Å². The number of aromatic nitrogens is 1. The Hall–Kier alpha value is -2.17. The Morgan fingerprint density at radius 1 is 1.41 bits per heavy atom. The van der Waals surface area contributed by atoms with Crippen LogP contribution in [0.4, 0.5) is 0 Å². The molecule has 0 amide bonds. The molecular formula is C17H22N2O3. The minimum Gasteiger partial charge on any atom is -0.511 e. The van der Waals surface area contributed by atoms with Crippen LogP contribution in [-0.2, 0) is 9.63 Å². The zero-order chi connectivity index (χ0) is 15.9. The molecule has 0 aromatic carbocycles. The Kier molecular flexibility index (Phi) is 5.69. The minimum absolute atomic E-state index is 0.0765. The van der Waals surface area contributed by atoms with E-state index in [0.717, 1.165) is 12.1 Å². The van der Waals surface area contributed by atoms with Crippen molar-refractivity contribution in [1.29, 1.82) is 0 Å². The van der Waals surface area contributed by atoms with Gasteiger partial charge in [-0.1, -0.05) is 24.6 Å². The lowest BCUT2D eigenvalue weighted by molar-refractivity contribution is -0.116. The van der Waals surface area contributed by atoms with Crippen LogP contribution >= 0.6 is 0 Å². The molecule has 0 saturated carbocycles. The van der Waals surface area contributed by atoms with Crippen molar-refractivity contribution in [2.45, 2.75) is 45.4 Å². The van der Waals surface area contributed by atoms with E-state index in [9.17, 15) is 9.90 Å². The summed E-state index contributed by atoms with van der Waals surface area (Å²) in [6.45, 7) is 4.27. The first kappa shape index (κ1) is 16.2. The number of oxime groups is 1. The van der Waals surface area contributed by atoms with E-state index in [2.05, 4.69) is 10.1 Å². The third kappa shape index (κ3) is 3.72. The van der Waals surface area contributed by atoms with E-state index < -0.39 is 0 Å². The highest BCUT2D eigenvalue weighted by molar-refractivity contribution is 6.23. The molecule has 0 aliphatic heterocycles. The number of aliphatic hydroxyl groups excluding tert-OH is 1. The molecule has 1 N–H and O–H groups in total. The van der Waals surface area contributed by atoms with Gasteiger partial charge in [0.25, 0.3) is 0 Å².